The Morgan fingerprint density at radius 2 is 1.67 bits per heavy atom. The van der Waals surface area contributed by atoms with E-state index in [9.17, 15) is 9.59 Å². The van der Waals surface area contributed by atoms with Crippen LogP contribution in [0.4, 0.5) is 11.4 Å². The molecule has 0 bridgehead atoms. The summed E-state index contributed by atoms with van der Waals surface area (Å²) in [6.07, 6.45) is 0. The number of benzene rings is 2. The van der Waals surface area contributed by atoms with E-state index in [1.54, 1.807) is 12.1 Å². The van der Waals surface area contributed by atoms with Crippen LogP contribution < -0.4 is 15.0 Å². The number of carbonyl (C=O) groups excluding carboxylic acids is 2. The minimum absolute atomic E-state index is 0.242. The number of nitrogens with zero attached hydrogens (tertiary/aromatic N) is 1. The predicted octanol–water partition coefficient (Wildman–Crippen LogP) is 3.44. The summed E-state index contributed by atoms with van der Waals surface area (Å²) in [6.45, 7) is 3.50. The Bertz CT molecular complexity index is 770. The normalized spacial score (nSPS) is 10.4. The first-order valence-corrected chi connectivity index (χ1v) is 8.81. The first kappa shape index (κ1) is 20.3. The minimum atomic E-state index is -0.591. The minimum Gasteiger partial charge on any atom is -0.482 e. The van der Waals surface area contributed by atoms with Crippen LogP contribution in [0.5, 0.6) is 5.75 Å². The summed E-state index contributed by atoms with van der Waals surface area (Å²) >= 11 is 0. The van der Waals surface area contributed by atoms with E-state index in [0.717, 1.165) is 11.3 Å². The van der Waals surface area contributed by atoms with Gasteiger partial charge in [-0.1, -0.05) is 32.0 Å². The second-order valence-corrected chi connectivity index (χ2v) is 6.63. The largest absolute Gasteiger partial charge is 0.482 e. The van der Waals surface area contributed by atoms with E-state index < -0.39 is 11.9 Å². The molecule has 0 heterocycles. The molecule has 2 rings (SSSR count). The van der Waals surface area contributed by atoms with Gasteiger partial charge in [-0.2, -0.15) is 0 Å². The summed E-state index contributed by atoms with van der Waals surface area (Å²) in [7, 11) is 3.88. The van der Waals surface area contributed by atoms with E-state index in [0.29, 0.717) is 11.4 Å². The summed E-state index contributed by atoms with van der Waals surface area (Å²) in [6, 6.07) is 14.9. The molecule has 6 heteroatoms. The highest BCUT2D eigenvalue weighted by Gasteiger charge is 2.12. The van der Waals surface area contributed by atoms with Gasteiger partial charge in [-0.25, -0.2) is 4.79 Å². The number of hydrogen-bond donors (Lipinski definition) is 1. The van der Waals surface area contributed by atoms with Gasteiger partial charge >= 0.3 is 5.97 Å². The first-order valence-electron chi connectivity index (χ1n) is 8.81. The van der Waals surface area contributed by atoms with E-state index in [4.69, 9.17) is 9.47 Å². The molecule has 0 spiro atoms. The van der Waals surface area contributed by atoms with E-state index in [-0.39, 0.29) is 19.1 Å². The third-order valence-electron chi connectivity index (χ3n) is 3.92. The second-order valence-electron chi connectivity index (χ2n) is 6.63. The zero-order chi connectivity index (χ0) is 19.8. The maximum Gasteiger partial charge on any atom is 0.344 e. The van der Waals surface area contributed by atoms with Crippen LogP contribution in [0.25, 0.3) is 0 Å². The molecule has 0 unspecified atom stereocenters. The molecule has 0 fully saturated rings. The molecule has 0 radical (unpaired) electrons. The molecule has 0 saturated carbocycles. The first-order chi connectivity index (χ1) is 12.9. The van der Waals surface area contributed by atoms with Gasteiger partial charge in [-0.05, 0) is 41.8 Å². The van der Waals surface area contributed by atoms with Crippen molar-refractivity contribution >= 4 is 23.3 Å². The second kappa shape index (κ2) is 9.62. The molecule has 0 aromatic heterocycles. The molecule has 2 aromatic carbocycles. The SMILES string of the molecule is CC(C)c1ccccc1OCC(=O)OCC(=O)Nc1ccc(N(C)C)cc1. The van der Waals surface area contributed by atoms with E-state index >= 15 is 0 Å². The van der Waals surface area contributed by atoms with Gasteiger partial charge in [-0.3, -0.25) is 4.79 Å². The number of rotatable bonds is 8. The molecule has 1 N–H and O–H groups in total. The molecule has 2 aromatic rings. The standard InChI is InChI=1S/C21H26N2O4/c1-15(2)18-7-5-6-8-19(18)26-14-21(25)27-13-20(24)22-16-9-11-17(12-10-16)23(3)4/h5-12,15H,13-14H2,1-4H3,(H,22,24). The van der Waals surface area contributed by atoms with E-state index in [2.05, 4.69) is 19.2 Å². The van der Waals surface area contributed by atoms with Gasteiger partial charge in [0, 0.05) is 25.5 Å². The van der Waals surface area contributed by atoms with Crippen molar-refractivity contribution < 1.29 is 19.1 Å². The van der Waals surface area contributed by atoms with E-state index in [1.165, 1.54) is 0 Å². The lowest BCUT2D eigenvalue weighted by atomic mass is 10.0. The maximum atomic E-state index is 11.9. The van der Waals surface area contributed by atoms with Gasteiger partial charge in [0.25, 0.3) is 5.91 Å². The summed E-state index contributed by atoms with van der Waals surface area (Å²) in [5, 5.41) is 2.69. The Kier molecular flexibility index (Phi) is 7.23. The highest BCUT2D eigenvalue weighted by molar-refractivity contribution is 5.93. The molecule has 0 aliphatic rings. The van der Waals surface area contributed by atoms with Crippen molar-refractivity contribution in [3.05, 3.63) is 54.1 Å². The van der Waals surface area contributed by atoms with Crippen LogP contribution >= 0.6 is 0 Å². The summed E-state index contributed by atoms with van der Waals surface area (Å²) in [5.74, 6) is -0.0630. The Morgan fingerprint density at radius 3 is 2.30 bits per heavy atom. The average molecular weight is 370 g/mol. The Hall–Kier alpha value is -3.02. The summed E-state index contributed by atoms with van der Waals surface area (Å²) < 4.78 is 10.5. The van der Waals surface area contributed by atoms with Crippen LogP contribution in [-0.4, -0.2) is 39.2 Å². The van der Waals surface area contributed by atoms with Gasteiger partial charge in [0.15, 0.2) is 13.2 Å². The zero-order valence-electron chi connectivity index (χ0n) is 16.2. The Morgan fingerprint density at radius 1 is 1.00 bits per heavy atom. The molecular weight excluding hydrogens is 344 g/mol. The number of para-hydroxylation sites is 1. The van der Waals surface area contributed by atoms with Crippen molar-refractivity contribution in [1.82, 2.24) is 0 Å². The highest BCUT2D eigenvalue weighted by Crippen LogP contribution is 2.25. The fraction of sp³-hybridized carbons (Fsp3) is 0.333. The summed E-state index contributed by atoms with van der Waals surface area (Å²) in [4.78, 5) is 25.7. The van der Waals surface area contributed by atoms with Gasteiger partial charge in [0.05, 0.1) is 0 Å². The van der Waals surface area contributed by atoms with Crippen LogP contribution in [-0.2, 0) is 14.3 Å². The maximum absolute atomic E-state index is 11.9. The molecule has 144 valence electrons. The molecule has 0 aliphatic heterocycles. The van der Waals surface area contributed by atoms with Crippen molar-refractivity contribution in [2.24, 2.45) is 0 Å². The van der Waals surface area contributed by atoms with Crippen LogP contribution in [0.1, 0.15) is 25.3 Å². The van der Waals surface area contributed by atoms with Crippen LogP contribution in [0, 0.1) is 0 Å². The lowest BCUT2D eigenvalue weighted by Gasteiger charge is -2.14. The van der Waals surface area contributed by atoms with Gasteiger partial charge in [-0.15, -0.1) is 0 Å². The van der Waals surface area contributed by atoms with Crippen LogP contribution in [0.15, 0.2) is 48.5 Å². The Balaban J connectivity index is 1.77. The number of ether oxygens (including phenoxy) is 2. The molecule has 6 nitrogen and oxygen atoms in total. The van der Waals surface area contributed by atoms with E-state index in [1.807, 2.05) is 55.4 Å². The van der Waals surface area contributed by atoms with Crippen molar-refractivity contribution in [2.75, 3.05) is 37.5 Å². The van der Waals surface area contributed by atoms with Crippen molar-refractivity contribution in [2.45, 2.75) is 19.8 Å². The quantitative estimate of drug-likeness (QED) is 0.721. The third-order valence-corrected chi connectivity index (χ3v) is 3.92. The third kappa shape index (κ3) is 6.33. The number of carbonyl (C=O) groups is 2. The fourth-order valence-electron chi connectivity index (χ4n) is 2.45. The lowest BCUT2D eigenvalue weighted by molar-refractivity contribution is -0.149. The predicted molar refractivity (Wildman–Crippen MR) is 106 cm³/mol. The monoisotopic (exact) mass is 370 g/mol. The average Bonchev–Trinajstić information content (AvgIpc) is 2.65. The van der Waals surface area contributed by atoms with Crippen molar-refractivity contribution in [3.63, 3.8) is 0 Å². The molecular formula is C21H26N2O4. The lowest BCUT2D eigenvalue weighted by Crippen LogP contribution is -2.23. The van der Waals surface area contributed by atoms with Gasteiger partial charge in [0.2, 0.25) is 0 Å². The van der Waals surface area contributed by atoms with Crippen LogP contribution in [0.2, 0.25) is 0 Å². The van der Waals surface area contributed by atoms with Crippen LogP contribution in [0.3, 0.4) is 0 Å². The van der Waals surface area contributed by atoms with Crippen molar-refractivity contribution in [1.29, 1.82) is 0 Å². The molecule has 27 heavy (non-hydrogen) atoms. The number of amides is 1. The molecule has 0 aliphatic carbocycles. The van der Waals surface area contributed by atoms with Crippen molar-refractivity contribution in [3.8, 4) is 5.75 Å². The number of hydrogen-bond acceptors (Lipinski definition) is 5. The number of anilines is 2. The topological polar surface area (TPSA) is 67.9 Å². The highest BCUT2D eigenvalue weighted by atomic mass is 16.6. The van der Waals surface area contributed by atoms with Gasteiger partial charge < -0.3 is 19.7 Å². The number of nitrogens with one attached hydrogen (secondary N) is 1. The molecule has 1 amide bonds. The molecule has 0 atom stereocenters. The Labute approximate surface area is 160 Å². The van der Waals surface area contributed by atoms with Gasteiger partial charge in [0.1, 0.15) is 5.75 Å². The summed E-state index contributed by atoms with van der Waals surface area (Å²) in [5.41, 5.74) is 2.69. The number of esters is 1. The zero-order valence-corrected chi connectivity index (χ0v) is 16.2. The smallest absolute Gasteiger partial charge is 0.344 e. The molecule has 0 saturated heterocycles. The fourth-order valence-corrected chi connectivity index (χ4v) is 2.45.